The second-order valence-corrected chi connectivity index (χ2v) is 14.5. The number of phenols is 1. The number of amides is 1. The minimum absolute atomic E-state index is 0.121. The Hall–Kier alpha value is -7.53. The minimum Gasteiger partial charge on any atom is -0.539 e. The number of carboxylic acid groups (broad SMARTS) is 2. The number of carbonyl (C=O) groups is 5. The quantitative estimate of drug-likeness (QED) is 0.121. The Kier molecular flexibility index (Phi) is 16.1. The van der Waals surface area contributed by atoms with Crippen LogP contribution in [0.15, 0.2) is 109 Å². The zero-order valence-electron chi connectivity index (χ0n) is 34.8. The van der Waals surface area contributed by atoms with Crippen molar-refractivity contribution in [3.8, 4) is 34.0 Å². The Bertz CT molecular complexity index is 2570. The fourth-order valence-corrected chi connectivity index (χ4v) is 6.78. The van der Waals surface area contributed by atoms with E-state index in [9.17, 15) is 28.3 Å². The van der Waals surface area contributed by atoms with Crippen LogP contribution in [0.2, 0.25) is 0 Å². The van der Waals surface area contributed by atoms with Crippen molar-refractivity contribution >= 4 is 29.4 Å². The third-order valence-electron chi connectivity index (χ3n) is 10.1. The van der Waals surface area contributed by atoms with Gasteiger partial charge in [0.1, 0.15) is 36.3 Å². The average molecular weight is 865 g/mol. The maximum Gasteiger partial charge on any atom is 0.351 e. The summed E-state index contributed by atoms with van der Waals surface area (Å²) in [6.45, 7) is 6.39. The number of Topliss-reactive ketones (excluding diaryl/α,β-unsaturated/α-hetero) is 2. The van der Waals surface area contributed by atoms with E-state index in [4.69, 9.17) is 24.5 Å². The first-order valence-electron chi connectivity index (χ1n) is 19.7. The van der Waals surface area contributed by atoms with Crippen molar-refractivity contribution < 1.29 is 57.7 Å². The first-order valence-corrected chi connectivity index (χ1v) is 19.7. The number of aliphatic carboxylic acids is 2. The summed E-state index contributed by atoms with van der Waals surface area (Å²) in [5.41, 5.74) is 5.36. The van der Waals surface area contributed by atoms with Crippen molar-refractivity contribution in [3.05, 3.63) is 143 Å². The molecule has 0 radical (unpaired) electrons. The molecule has 1 fully saturated rings. The molecule has 0 saturated carbocycles. The van der Waals surface area contributed by atoms with E-state index >= 15 is 0 Å². The van der Waals surface area contributed by atoms with E-state index in [1.165, 1.54) is 35.2 Å². The molecule has 3 N–H and O–H groups in total. The number of ketones is 2. The van der Waals surface area contributed by atoms with Crippen LogP contribution in [0.1, 0.15) is 38.8 Å². The van der Waals surface area contributed by atoms with Crippen molar-refractivity contribution in [1.82, 2.24) is 24.5 Å². The monoisotopic (exact) mass is 864 g/mol. The molecule has 2 aromatic heterocycles. The van der Waals surface area contributed by atoms with Gasteiger partial charge < -0.3 is 34.7 Å². The summed E-state index contributed by atoms with van der Waals surface area (Å²) in [5.74, 6) is -4.20. The number of ether oxygens (including phenoxy) is 1. The van der Waals surface area contributed by atoms with Crippen LogP contribution in [0, 0.1) is 11.6 Å². The largest absolute Gasteiger partial charge is 0.539 e. The number of quaternary nitrogens is 1. The highest BCUT2D eigenvalue weighted by Gasteiger charge is 2.22. The van der Waals surface area contributed by atoms with E-state index in [1.807, 2.05) is 36.2 Å². The van der Waals surface area contributed by atoms with Gasteiger partial charge in [0.2, 0.25) is 5.91 Å². The van der Waals surface area contributed by atoms with Crippen molar-refractivity contribution in [2.24, 2.45) is 14.1 Å². The Morgan fingerprint density at radius 1 is 0.730 bits per heavy atom. The second kappa shape index (κ2) is 21.8. The zero-order chi connectivity index (χ0) is 45.6. The standard InChI is InChI=1S/C26H29FN4O3.C18H15FN2O2.C2H2O4/c1-19(32)31-12-10-30(11-13-31)14-15-34-26-7-6-20(16-23(26)24-8-9-28-29(24)2)17-25(33)21-4-3-5-22(27)18-21;1-21-16(7-8-20-21)15-9-12(5-6-17(15)22)10-18(23)13-3-2-4-14(19)11-13;3-1(4)2(5)6/h3-9,16,18H,10-15,17H2,1-2H3;2-9,11,22H,10H2,1H3;(H,3,4)(H,5,6). The number of nitrogens with one attached hydrogen (secondary N) is 1. The number of hydrogen-bond donors (Lipinski definition) is 3. The van der Waals surface area contributed by atoms with Gasteiger partial charge in [-0.25, -0.2) is 13.6 Å². The molecule has 0 atom stereocenters. The van der Waals surface area contributed by atoms with Gasteiger partial charge in [-0.15, -0.1) is 0 Å². The van der Waals surface area contributed by atoms with Crippen LogP contribution in [-0.4, -0.2) is 103 Å². The molecule has 1 aliphatic heterocycles. The Balaban J connectivity index is 0.000000222. The molecule has 0 unspecified atom stereocenters. The summed E-state index contributed by atoms with van der Waals surface area (Å²) in [4.78, 5) is 57.8. The lowest BCUT2D eigenvalue weighted by Crippen LogP contribution is -3.15. The summed E-state index contributed by atoms with van der Waals surface area (Å²) in [6.07, 6.45) is 3.66. The molecule has 1 saturated heterocycles. The number of aryl methyl sites for hydroxylation is 2. The number of aromatic hydroxyl groups is 1. The van der Waals surface area contributed by atoms with Crippen LogP contribution < -0.4 is 14.7 Å². The Morgan fingerprint density at radius 2 is 1.22 bits per heavy atom. The van der Waals surface area contributed by atoms with Gasteiger partial charge in [-0.1, -0.05) is 36.4 Å². The topological polar surface area (TPSA) is 201 Å². The second-order valence-electron chi connectivity index (χ2n) is 14.5. The van der Waals surface area contributed by atoms with E-state index in [2.05, 4.69) is 10.2 Å². The van der Waals surface area contributed by atoms with Gasteiger partial charge in [-0.05, 0) is 71.8 Å². The fourth-order valence-electron chi connectivity index (χ4n) is 6.78. The predicted molar refractivity (Wildman–Crippen MR) is 224 cm³/mol. The smallest absolute Gasteiger partial charge is 0.351 e. The molecule has 0 aliphatic carbocycles. The number of carbonyl (C=O) groups excluding carboxylic acids is 4. The van der Waals surface area contributed by atoms with Gasteiger partial charge in [0.15, 0.2) is 17.5 Å². The minimum atomic E-state index is -2.07. The zero-order valence-corrected chi connectivity index (χ0v) is 34.8. The molecule has 17 heteroatoms. The highest BCUT2D eigenvalue weighted by Crippen LogP contribution is 2.32. The van der Waals surface area contributed by atoms with Crippen LogP contribution in [0.5, 0.6) is 11.5 Å². The van der Waals surface area contributed by atoms with Gasteiger partial charge in [0.05, 0.1) is 37.6 Å². The summed E-state index contributed by atoms with van der Waals surface area (Å²) < 4.78 is 36.3. The first kappa shape index (κ1) is 46.5. The highest BCUT2D eigenvalue weighted by atomic mass is 19.1. The molecule has 0 spiro atoms. The summed E-state index contributed by atoms with van der Waals surface area (Å²) in [5, 5.41) is 34.7. The molecule has 4 aromatic carbocycles. The van der Waals surface area contributed by atoms with E-state index < -0.39 is 23.6 Å². The normalized spacial score (nSPS) is 12.3. The van der Waals surface area contributed by atoms with E-state index in [1.54, 1.807) is 78.2 Å². The highest BCUT2D eigenvalue weighted by molar-refractivity contribution is 6.26. The first-order chi connectivity index (χ1) is 30.1. The molecule has 1 amide bonds. The summed E-state index contributed by atoms with van der Waals surface area (Å²) >= 11 is 0. The molecular formula is C46H46F2N6O9. The Labute approximate surface area is 361 Å². The molecule has 63 heavy (non-hydrogen) atoms. The lowest BCUT2D eigenvalue weighted by atomic mass is 9.99. The number of rotatable bonds is 12. The number of phenolic OH excluding ortho intramolecular Hbond substituents is 1. The van der Waals surface area contributed by atoms with Crippen LogP contribution in [0.3, 0.4) is 0 Å². The lowest BCUT2D eigenvalue weighted by Gasteiger charge is -2.31. The van der Waals surface area contributed by atoms with Crippen LogP contribution in [-0.2, 0) is 41.3 Å². The van der Waals surface area contributed by atoms with Crippen molar-refractivity contribution in [3.63, 3.8) is 0 Å². The van der Waals surface area contributed by atoms with Gasteiger partial charge in [-0.3, -0.25) is 23.7 Å². The number of aromatic nitrogens is 4. The molecule has 328 valence electrons. The van der Waals surface area contributed by atoms with Gasteiger partial charge >= 0.3 is 5.97 Å². The van der Waals surface area contributed by atoms with Crippen molar-refractivity contribution in [2.75, 3.05) is 39.3 Å². The van der Waals surface area contributed by atoms with Crippen LogP contribution >= 0.6 is 0 Å². The van der Waals surface area contributed by atoms with E-state index in [0.717, 1.165) is 66.6 Å². The molecule has 0 bridgehead atoms. The van der Waals surface area contributed by atoms with Crippen LogP contribution in [0.25, 0.3) is 22.5 Å². The molecule has 6 aromatic rings. The lowest BCUT2D eigenvalue weighted by molar-refractivity contribution is -0.904. The predicted octanol–water partition coefficient (Wildman–Crippen LogP) is 2.96. The third-order valence-corrected chi connectivity index (χ3v) is 10.1. The fraction of sp³-hybridized carbons (Fsp3) is 0.239. The summed E-state index contributed by atoms with van der Waals surface area (Å²) in [6, 6.07) is 25.8. The van der Waals surface area contributed by atoms with Gasteiger partial charge in [0.25, 0.3) is 0 Å². The van der Waals surface area contributed by atoms with Crippen LogP contribution in [0.4, 0.5) is 8.78 Å². The van der Waals surface area contributed by atoms with Gasteiger partial charge in [-0.2, -0.15) is 10.2 Å². The Morgan fingerprint density at radius 3 is 1.68 bits per heavy atom. The van der Waals surface area contributed by atoms with E-state index in [0.29, 0.717) is 23.3 Å². The third kappa shape index (κ3) is 13.2. The number of piperazine rings is 1. The SMILES string of the molecule is CC(=O)N1CC[NH+](CCOc2ccc(CC(=O)c3cccc(F)c3)cc2-c2ccnn2C)CC1.Cn1nccc1-c1cc(CC(=O)c2cccc(F)c2)ccc1O.O=C([O-])C(=O)O. The average Bonchev–Trinajstić information content (AvgIpc) is 3.89. The number of halogens is 2. The molecule has 7 rings (SSSR count). The number of nitrogens with zero attached hydrogens (tertiary/aromatic N) is 5. The number of benzene rings is 4. The summed E-state index contributed by atoms with van der Waals surface area (Å²) in [7, 11) is 3.64. The molecule has 1 aliphatic rings. The number of hydrogen-bond acceptors (Lipinski definition) is 10. The maximum atomic E-state index is 13.5. The van der Waals surface area contributed by atoms with E-state index in [-0.39, 0.29) is 36.1 Å². The van der Waals surface area contributed by atoms with Gasteiger partial charge in [0, 0.05) is 68.5 Å². The van der Waals surface area contributed by atoms with Crippen molar-refractivity contribution in [1.29, 1.82) is 0 Å². The number of carboxylic acids is 2. The molecular weight excluding hydrogens is 819 g/mol. The maximum absolute atomic E-state index is 13.5. The van der Waals surface area contributed by atoms with Crippen molar-refractivity contribution in [2.45, 2.75) is 19.8 Å². The molecule has 3 heterocycles. The molecule has 15 nitrogen and oxygen atoms in total.